The zero-order valence-corrected chi connectivity index (χ0v) is 14.4. The summed E-state index contributed by atoms with van der Waals surface area (Å²) in [5, 5.41) is -0.419. The fourth-order valence-corrected chi connectivity index (χ4v) is 6.00. The van der Waals surface area contributed by atoms with Crippen LogP contribution in [0.5, 0.6) is 0 Å². The molecule has 0 N–H and O–H groups in total. The maximum Gasteiger partial charge on any atom is 0.261 e. The number of amides is 3. The standard InChI is InChI=1S/C17H18N2O5S/c20-15(19-9-12-8-11(19)10-25(12,23)24)6-3-7-18-16(21)13-4-1-2-5-14(13)17(18)22/h1-2,4-5,11-12H,3,6-10H2. The molecule has 3 aliphatic heterocycles. The molecule has 1 aromatic rings. The van der Waals surface area contributed by atoms with E-state index in [9.17, 15) is 22.8 Å². The Morgan fingerprint density at radius 3 is 2.28 bits per heavy atom. The van der Waals surface area contributed by atoms with Gasteiger partial charge in [-0.2, -0.15) is 0 Å². The van der Waals surface area contributed by atoms with Crippen molar-refractivity contribution in [1.82, 2.24) is 9.80 Å². The number of fused-ring (bicyclic) bond motifs is 3. The Morgan fingerprint density at radius 2 is 1.76 bits per heavy atom. The molecule has 3 heterocycles. The van der Waals surface area contributed by atoms with Crippen molar-refractivity contribution in [3.63, 3.8) is 0 Å². The molecule has 0 radical (unpaired) electrons. The topological polar surface area (TPSA) is 91.8 Å². The smallest absolute Gasteiger partial charge is 0.261 e. The lowest BCUT2D eigenvalue weighted by Crippen LogP contribution is -2.44. The highest BCUT2D eigenvalue weighted by Crippen LogP contribution is 2.33. The molecular formula is C17H18N2O5S. The molecule has 2 unspecified atom stereocenters. The third-order valence-electron chi connectivity index (χ3n) is 5.28. The normalized spacial score (nSPS) is 26.4. The van der Waals surface area contributed by atoms with Crippen LogP contribution in [0.1, 0.15) is 40.0 Å². The number of hydrogen-bond acceptors (Lipinski definition) is 5. The van der Waals surface area contributed by atoms with E-state index in [0.717, 1.165) is 0 Å². The third-order valence-corrected chi connectivity index (χ3v) is 7.49. The Bertz CT molecular complexity index is 844. The van der Waals surface area contributed by atoms with Crippen LogP contribution in [0.3, 0.4) is 0 Å². The highest BCUT2D eigenvalue weighted by molar-refractivity contribution is 7.92. The SMILES string of the molecule is O=C1c2ccccc2C(=O)N1CCCC(=O)N1CC2CC1CS2(=O)=O. The average molecular weight is 362 g/mol. The molecule has 4 rings (SSSR count). The van der Waals surface area contributed by atoms with Gasteiger partial charge in [-0.05, 0) is 25.0 Å². The minimum absolute atomic E-state index is 0.0574. The van der Waals surface area contributed by atoms with E-state index in [1.54, 1.807) is 29.2 Å². The number of benzene rings is 1. The van der Waals surface area contributed by atoms with Gasteiger partial charge < -0.3 is 4.90 Å². The number of likely N-dealkylation sites (tertiary alicyclic amines) is 1. The van der Waals surface area contributed by atoms with Crippen molar-refractivity contribution in [2.24, 2.45) is 0 Å². The second kappa shape index (κ2) is 5.66. The molecule has 0 spiro atoms. The van der Waals surface area contributed by atoms with Gasteiger partial charge in [-0.1, -0.05) is 12.1 Å². The summed E-state index contributed by atoms with van der Waals surface area (Å²) in [4.78, 5) is 39.7. The monoisotopic (exact) mass is 362 g/mol. The molecule has 2 bridgehead atoms. The second-order valence-electron chi connectivity index (χ2n) is 6.80. The van der Waals surface area contributed by atoms with Gasteiger partial charge in [0.1, 0.15) is 0 Å². The van der Waals surface area contributed by atoms with Gasteiger partial charge in [-0.25, -0.2) is 8.42 Å². The largest absolute Gasteiger partial charge is 0.337 e. The number of carbonyl (C=O) groups is 3. The summed E-state index contributed by atoms with van der Waals surface area (Å²) in [7, 11) is -3.02. The molecule has 0 aliphatic carbocycles. The molecule has 2 saturated heterocycles. The highest BCUT2D eigenvalue weighted by atomic mass is 32.2. The van der Waals surface area contributed by atoms with Crippen molar-refractivity contribution in [2.75, 3.05) is 18.8 Å². The van der Waals surface area contributed by atoms with Crippen LogP contribution in [0.4, 0.5) is 0 Å². The molecule has 8 heteroatoms. The minimum Gasteiger partial charge on any atom is -0.337 e. The van der Waals surface area contributed by atoms with E-state index in [1.165, 1.54) is 4.90 Å². The van der Waals surface area contributed by atoms with Crippen LogP contribution in [0, 0.1) is 0 Å². The molecule has 0 aromatic heterocycles. The summed E-state index contributed by atoms with van der Waals surface area (Å²) in [6, 6.07) is 6.48. The molecule has 2 fully saturated rings. The van der Waals surface area contributed by atoms with Gasteiger partial charge in [0, 0.05) is 25.6 Å². The van der Waals surface area contributed by atoms with E-state index in [0.29, 0.717) is 24.0 Å². The molecule has 1 aromatic carbocycles. The molecule has 0 saturated carbocycles. The van der Waals surface area contributed by atoms with Crippen LogP contribution >= 0.6 is 0 Å². The van der Waals surface area contributed by atoms with Crippen molar-refractivity contribution in [2.45, 2.75) is 30.6 Å². The Labute approximate surface area is 145 Å². The zero-order chi connectivity index (χ0) is 17.8. The lowest BCUT2D eigenvalue weighted by molar-refractivity contribution is -0.131. The van der Waals surface area contributed by atoms with Crippen LogP contribution in [0.2, 0.25) is 0 Å². The first kappa shape index (κ1) is 16.3. The molecule has 2 atom stereocenters. The summed E-state index contributed by atoms with van der Waals surface area (Å²) in [6.45, 7) is 0.469. The van der Waals surface area contributed by atoms with Gasteiger partial charge in [-0.15, -0.1) is 0 Å². The maximum absolute atomic E-state index is 12.3. The summed E-state index contributed by atoms with van der Waals surface area (Å²) in [6.07, 6.45) is 1.12. The van der Waals surface area contributed by atoms with Gasteiger partial charge >= 0.3 is 0 Å². The number of hydrogen-bond donors (Lipinski definition) is 0. The quantitative estimate of drug-likeness (QED) is 0.726. The van der Waals surface area contributed by atoms with Crippen molar-refractivity contribution >= 4 is 27.6 Å². The van der Waals surface area contributed by atoms with Crippen molar-refractivity contribution in [3.8, 4) is 0 Å². The first-order valence-corrected chi connectivity index (χ1v) is 10.1. The molecule has 25 heavy (non-hydrogen) atoms. The van der Waals surface area contributed by atoms with Crippen molar-refractivity contribution in [3.05, 3.63) is 35.4 Å². The van der Waals surface area contributed by atoms with E-state index in [2.05, 4.69) is 0 Å². The number of sulfone groups is 1. The van der Waals surface area contributed by atoms with E-state index in [1.807, 2.05) is 0 Å². The van der Waals surface area contributed by atoms with Gasteiger partial charge in [0.2, 0.25) is 5.91 Å². The van der Waals surface area contributed by atoms with Gasteiger partial charge in [-0.3, -0.25) is 19.3 Å². The fourth-order valence-electron chi connectivity index (χ4n) is 3.98. The zero-order valence-electron chi connectivity index (χ0n) is 13.6. The van der Waals surface area contributed by atoms with Crippen LogP contribution in [-0.2, 0) is 14.6 Å². The number of carbonyl (C=O) groups excluding carboxylic acids is 3. The van der Waals surface area contributed by atoms with Crippen molar-refractivity contribution < 1.29 is 22.8 Å². The van der Waals surface area contributed by atoms with Crippen LogP contribution in [-0.4, -0.2) is 66.1 Å². The Balaban J connectivity index is 1.33. The minimum atomic E-state index is -3.02. The van der Waals surface area contributed by atoms with Crippen LogP contribution in [0.25, 0.3) is 0 Å². The van der Waals surface area contributed by atoms with E-state index in [4.69, 9.17) is 0 Å². The molecule has 3 aliphatic rings. The summed E-state index contributed by atoms with van der Waals surface area (Å²) in [5.41, 5.74) is 0.807. The average Bonchev–Trinajstić information content (AvgIpc) is 3.20. The van der Waals surface area contributed by atoms with E-state index < -0.39 is 15.1 Å². The number of rotatable bonds is 4. The van der Waals surface area contributed by atoms with Gasteiger partial charge in [0.15, 0.2) is 9.84 Å². The summed E-state index contributed by atoms with van der Waals surface area (Å²) < 4.78 is 23.5. The molecule has 3 amide bonds. The maximum atomic E-state index is 12.3. The first-order valence-electron chi connectivity index (χ1n) is 8.35. The van der Waals surface area contributed by atoms with E-state index >= 15 is 0 Å². The number of imide groups is 1. The Morgan fingerprint density at radius 1 is 1.12 bits per heavy atom. The summed E-state index contributed by atoms with van der Waals surface area (Å²) >= 11 is 0. The Kier molecular flexibility index (Phi) is 3.68. The lowest BCUT2D eigenvalue weighted by atomic mass is 10.1. The first-order chi connectivity index (χ1) is 11.9. The van der Waals surface area contributed by atoms with E-state index in [-0.39, 0.29) is 49.0 Å². The van der Waals surface area contributed by atoms with Crippen molar-refractivity contribution in [1.29, 1.82) is 0 Å². The summed E-state index contributed by atoms with van der Waals surface area (Å²) in [5.74, 6) is -0.681. The van der Waals surface area contributed by atoms with Crippen LogP contribution < -0.4 is 0 Å². The van der Waals surface area contributed by atoms with Gasteiger partial charge in [0.05, 0.1) is 22.1 Å². The van der Waals surface area contributed by atoms with Gasteiger partial charge in [0.25, 0.3) is 11.8 Å². The second-order valence-corrected chi connectivity index (χ2v) is 9.12. The lowest BCUT2D eigenvalue weighted by Gasteiger charge is -2.27. The molecular weight excluding hydrogens is 344 g/mol. The van der Waals surface area contributed by atoms with Crippen LogP contribution in [0.15, 0.2) is 24.3 Å². The predicted molar refractivity (Wildman–Crippen MR) is 88.7 cm³/mol. The number of nitrogens with zero attached hydrogens (tertiary/aromatic N) is 2. The highest BCUT2D eigenvalue weighted by Gasteiger charge is 2.49. The third kappa shape index (κ3) is 2.55. The molecule has 132 valence electrons. The Hall–Kier alpha value is -2.22. The molecule has 7 nitrogen and oxygen atoms in total. The predicted octanol–water partition coefficient (Wildman–Crippen LogP) is 0.461. The fraction of sp³-hybridized carbons (Fsp3) is 0.471.